The Hall–Kier alpha value is 0.650. The number of nitrogens with zero attached hydrogens (tertiary/aromatic N) is 1. The highest BCUT2D eigenvalue weighted by Crippen LogP contribution is 2.07. The van der Waals surface area contributed by atoms with E-state index in [1.54, 1.807) is 0 Å². The van der Waals surface area contributed by atoms with Crippen LogP contribution in [-0.4, -0.2) is 16.3 Å². The van der Waals surface area contributed by atoms with Crippen molar-refractivity contribution in [3.05, 3.63) is 0 Å². The van der Waals surface area contributed by atoms with Crippen LogP contribution in [-0.2, 0) is 0 Å². The van der Waals surface area contributed by atoms with Crippen molar-refractivity contribution in [3.8, 4) is 0 Å². The van der Waals surface area contributed by atoms with Crippen molar-refractivity contribution < 1.29 is 0 Å². The minimum atomic E-state index is 0.830. The zero-order valence-electron chi connectivity index (χ0n) is 4.32. The summed E-state index contributed by atoms with van der Waals surface area (Å²) in [6.45, 7) is 4.56. The van der Waals surface area contributed by atoms with Gasteiger partial charge in [0.05, 0.1) is 0 Å². The molecule has 1 aliphatic rings. The van der Waals surface area contributed by atoms with Crippen LogP contribution in [0.2, 0.25) is 0 Å². The Bertz CT molecular complexity index is 58.7. The minimum Gasteiger partial charge on any atom is -0.246 e. The first kappa shape index (κ1) is 5.78. The van der Waals surface area contributed by atoms with Crippen molar-refractivity contribution in [1.29, 1.82) is 0 Å². The zero-order valence-corrected chi connectivity index (χ0v) is 6.47. The molecule has 0 radical (unpaired) electrons. The van der Waals surface area contributed by atoms with E-state index in [-0.39, 0.29) is 0 Å². The largest absolute Gasteiger partial charge is 0.246 e. The summed E-state index contributed by atoms with van der Waals surface area (Å²) in [5, 5.41) is 0. The molecule has 0 spiro atoms. The summed E-state index contributed by atoms with van der Waals surface area (Å²) in [7, 11) is 0. The van der Waals surface area contributed by atoms with Gasteiger partial charge in [0.15, 0.2) is 0 Å². The molecule has 42 valence electrons. The third kappa shape index (κ3) is 1.54. The monoisotopic (exact) mass is 212 g/mol. The molecule has 0 saturated carbocycles. The topological polar surface area (TPSA) is 15.3 Å². The van der Waals surface area contributed by atoms with E-state index in [0.29, 0.717) is 0 Å². The van der Waals surface area contributed by atoms with Crippen molar-refractivity contribution in [2.75, 3.05) is 13.1 Å². The maximum atomic E-state index is 3.19. The Morgan fingerprint density at radius 2 is 2.57 bits per heavy atom. The van der Waals surface area contributed by atoms with Crippen LogP contribution in [0, 0.1) is 5.92 Å². The molecule has 1 rings (SSSR count). The average Bonchev–Trinajstić information content (AvgIpc) is 1.87. The summed E-state index contributed by atoms with van der Waals surface area (Å²) in [5.41, 5.74) is 3.19. The maximum absolute atomic E-state index is 3.19. The van der Waals surface area contributed by atoms with E-state index in [1.807, 2.05) is 0 Å². The van der Waals surface area contributed by atoms with Crippen LogP contribution in [0.25, 0.3) is 0 Å². The van der Waals surface area contributed by atoms with E-state index < -0.39 is 0 Å². The van der Waals surface area contributed by atoms with Crippen molar-refractivity contribution in [2.24, 2.45) is 5.92 Å². The first-order chi connectivity index (χ1) is 3.29. The smallest absolute Gasteiger partial charge is 0.0367 e. The Balaban J connectivity index is 2.26. The molecule has 1 saturated heterocycles. The molecule has 0 amide bonds. The molecule has 0 aromatic carbocycles. The molecule has 0 bridgehead atoms. The fourth-order valence-corrected chi connectivity index (χ4v) is 1.53. The normalized spacial score (nSPS) is 34.3. The minimum absolute atomic E-state index is 0.830. The number of halogens is 1. The van der Waals surface area contributed by atoms with Gasteiger partial charge in [0.2, 0.25) is 0 Å². The predicted molar refractivity (Wildman–Crippen MR) is 37.9 cm³/mol. The van der Waals surface area contributed by atoms with Gasteiger partial charge in [-0.2, -0.15) is 3.22 Å². The molecular weight excluding hydrogens is 203 g/mol. The van der Waals surface area contributed by atoms with Crippen molar-refractivity contribution in [1.82, 2.24) is 8.65 Å². The second kappa shape index (κ2) is 2.28. The van der Waals surface area contributed by atoms with Gasteiger partial charge in [-0.3, -0.25) is 0 Å². The average molecular weight is 212 g/mol. The van der Waals surface area contributed by atoms with Crippen LogP contribution >= 0.6 is 22.9 Å². The first-order valence-corrected chi connectivity index (χ1v) is 3.42. The SMILES string of the molecule is CC1CNN(I)C1. The third-order valence-electron chi connectivity index (χ3n) is 1.08. The second-order valence-electron chi connectivity index (χ2n) is 2.01. The van der Waals surface area contributed by atoms with Gasteiger partial charge in [-0.15, -0.1) is 0 Å². The van der Waals surface area contributed by atoms with Crippen LogP contribution in [0.15, 0.2) is 0 Å². The summed E-state index contributed by atoms with van der Waals surface area (Å²) in [6, 6.07) is 0. The molecule has 2 nitrogen and oxygen atoms in total. The lowest BCUT2D eigenvalue weighted by molar-refractivity contribution is 0.495. The van der Waals surface area contributed by atoms with E-state index in [4.69, 9.17) is 0 Å². The predicted octanol–water partition coefficient (Wildman–Crippen LogP) is 0.793. The molecule has 0 aromatic rings. The summed E-state index contributed by atoms with van der Waals surface area (Å²) in [4.78, 5) is 0. The summed E-state index contributed by atoms with van der Waals surface area (Å²) < 4.78 is 2.10. The Morgan fingerprint density at radius 1 is 1.86 bits per heavy atom. The van der Waals surface area contributed by atoms with Gasteiger partial charge in [-0.05, 0) is 5.92 Å². The molecule has 1 fully saturated rings. The Labute approximate surface area is 57.7 Å². The van der Waals surface area contributed by atoms with Gasteiger partial charge in [0.1, 0.15) is 0 Å². The lowest BCUT2D eigenvalue weighted by atomic mass is 10.2. The standard InChI is InChI=1S/C4H9IN2/c1-4-2-6-7(5)3-4/h4,6H,2-3H2,1H3. The van der Waals surface area contributed by atoms with Crippen molar-refractivity contribution in [3.63, 3.8) is 0 Å². The second-order valence-corrected chi connectivity index (χ2v) is 3.18. The number of rotatable bonds is 0. The zero-order chi connectivity index (χ0) is 5.28. The maximum Gasteiger partial charge on any atom is 0.0367 e. The van der Waals surface area contributed by atoms with Crippen LogP contribution < -0.4 is 5.43 Å². The van der Waals surface area contributed by atoms with E-state index in [1.165, 1.54) is 6.54 Å². The fraction of sp³-hybridized carbons (Fsp3) is 1.00. The highest BCUT2D eigenvalue weighted by molar-refractivity contribution is 14.1. The number of hydrogen-bond acceptors (Lipinski definition) is 2. The quantitative estimate of drug-likeness (QED) is 0.471. The van der Waals surface area contributed by atoms with Crippen LogP contribution in [0.5, 0.6) is 0 Å². The Morgan fingerprint density at radius 3 is 2.71 bits per heavy atom. The van der Waals surface area contributed by atoms with Crippen LogP contribution in [0.3, 0.4) is 0 Å². The van der Waals surface area contributed by atoms with Crippen molar-refractivity contribution >= 4 is 22.9 Å². The molecule has 1 unspecified atom stereocenters. The molecule has 1 atom stereocenters. The van der Waals surface area contributed by atoms with E-state index in [0.717, 1.165) is 12.5 Å². The number of hydrazine groups is 1. The summed E-state index contributed by atoms with van der Waals surface area (Å²) in [5.74, 6) is 0.830. The van der Waals surface area contributed by atoms with Gasteiger partial charge >= 0.3 is 0 Å². The highest BCUT2D eigenvalue weighted by Gasteiger charge is 2.13. The molecule has 1 aliphatic heterocycles. The molecule has 1 N–H and O–H groups in total. The van der Waals surface area contributed by atoms with Gasteiger partial charge in [0, 0.05) is 36.0 Å². The molecular formula is C4H9IN2. The molecule has 7 heavy (non-hydrogen) atoms. The number of nitrogens with one attached hydrogen (secondary N) is 1. The fourth-order valence-electron chi connectivity index (χ4n) is 0.658. The lowest BCUT2D eigenvalue weighted by Gasteiger charge is -2.00. The lowest BCUT2D eigenvalue weighted by Crippen LogP contribution is -2.18. The van der Waals surface area contributed by atoms with Gasteiger partial charge in [-0.25, -0.2) is 5.43 Å². The summed E-state index contributed by atoms with van der Waals surface area (Å²) in [6.07, 6.45) is 0. The molecule has 0 aromatic heterocycles. The third-order valence-corrected chi connectivity index (χ3v) is 1.82. The van der Waals surface area contributed by atoms with Crippen LogP contribution in [0.1, 0.15) is 6.92 Å². The highest BCUT2D eigenvalue weighted by atomic mass is 127. The van der Waals surface area contributed by atoms with E-state index in [2.05, 4.69) is 38.4 Å². The van der Waals surface area contributed by atoms with E-state index >= 15 is 0 Å². The summed E-state index contributed by atoms with van der Waals surface area (Å²) >= 11 is 2.27. The van der Waals surface area contributed by atoms with E-state index in [9.17, 15) is 0 Å². The van der Waals surface area contributed by atoms with Gasteiger partial charge < -0.3 is 0 Å². The number of hydrogen-bond donors (Lipinski definition) is 1. The van der Waals surface area contributed by atoms with Crippen molar-refractivity contribution in [2.45, 2.75) is 6.92 Å². The Kier molecular flexibility index (Phi) is 1.88. The van der Waals surface area contributed by atoms with Gasteiger partial charge in [0.25, 0.3) is 0 Å². The molecule has 0 aliphatic carbocycles. The van der Waals surface area contributed by atoms with Crippen LogP contribution in [0.4, 0.5) is 0 Å². The molecule has 3 heteroatoms. The first-order valence-electron chi connectivity index (χ1n) is 2.46. The molecule has 1 heterocycles. The van der Waals surface area contributed by atoms with Gasteiger partial charge in [-0.1, -0.05) is 6.92 Å².